The van der Waals surface area contributed by atoms with Crippen molar-refractivity contribution in [1.29, 1.82) is 0 Å². The highest BCUT2D eigenvalue weighted by Crippen LogP contribution is 2.29. The number of anilines is 1. The highest BCUT2D eigenvalue weighted by molar-refractivity contribution is 6.28. The van der Waals surface area contributed by atoms with E-state index in [0.717, 1.165) is 16.7 Å². The van der Waals surface area contributed by atoms with Gasteiger partial charge in [0.2, 0.25) is 5.91 Å². The maximum atomic E-state index is 13.5. The Bertz CT molecular complexity index is 1530. The Morgan fingerprint density at radius 3 is 2.21 bits per heavy atom. The molecule has 0 saturated heterocycles. The SMILES string of the molecule is [B]C(O)C(=O)c1ccc(C)cc1-c1cc(=O)n(C(Cc2ccccc2)C(=O)Nc2ccc(C)cc2)cc1C. The second-order valence-corrected chi connectivity index (χ2v) is 9.53. The van der Waals surface area contributed by atoms with Gasteiger partial charge in [0, 0.05) is 29.9 Å². The molecule has 1 aromatic heterocycles. The molecule has 0 bridgehead atoms. The van der Waals surface area contributed by atoms with Crippen LogP contribution in [0.5, 0.6) is 0 Å². The van der Waals surface area contributed by atoms with Crippen LogP contribution < -0.4 is 10.9 Å². The average molecular weight is 504 g/mol. The number of aromatic nitrogens is 1. The Morgan fingerprint density at radius 1 is 0.895 bits per heavy atom. The van der Waals surface area contributed by atoms with Crippen LogP contribution in [-0.2, 0) is 11.2 Å². The van der Waals surface area contributed by atoms with E-state index >= 15 is 0 Å². The fourth-order valence-corrected chi connectivity index (χ4v) is 4.46. The molecule has 1 amide bonds. The summed E-state index contributed by atoms with van der Waals surface area (Å²) in [5.74, 6) is -0.951. The molecule has 4 rings (SSSR count). The topological polar surface area (TPSA) is 88.4 Å². The third-order valence-corrected chi connectivity index (χ3v) is 6.51. The first-order chi connectivity index (χ1) is 18.1. The number of carbonyl (C=O) groups excluding carboxylic acids is 2. The zero-order valence-electron chi connectivity index (χ0n) is 21.6. The molecule has 190 valence electrons. The van der Waals surface area contributed by atoms with E-state index in [-0.39, 0.29) is 11.5 Å². The summed E-state index contributed by atoms with van der Waals surface area (Å²) in [6, 6.07) is 21.1. The van der Waals surface area contributed by atoms with Crippen molar-refractivity contribution in [2.75, 3.05) is 5.32 Å². The Hall–Kier alpha value is -4.23. The first-order valence-corrected chi connectivity index (χ1v) is 12.4. The maximum Gasteiger partial charge on any atom is 0.251 e. The van der Waals surface area contributed by atoms with E-state index in [4.69, 9.17) is 7.85 Å². The Kier molecular flexibility index (Phi) is 8.08. The number of hydrogen-bond acceptors (Lipinski definition) is 4. The van der Waals surface area contributed by atoms with E-state index in [2.05, 4.69) is 5.32 Å². The van der Waals surface area contributed by atoms with Crippen molar-refractivity contribution in [2.24, 2.45) is 0 Å². The summed E-state index contributed by atoms with van der Waals surface area (Å²) in [5, 5.41) is 12.7. The van der Waals surface area contributed by atoms with Crippen molar-refractivity contribution in [3.63, 3.8) is 0 Å². The van der Waals surface area contributed by atoms with E-state index in [0.29, 0.717) is 28.8 Å². The van der Waals surface area contributed by atoms with Gasteiger partial charge in [-0.25, -0.2) is 0 Å². The van der Waals surface area contributed by atoms with Crippen molar-refractivity contribution in [2.45, 2.75) is 39.2 Å². The van der Waals surface area contributed by atoms with E-state index in [1.807, 2.05) is 75.4 Å². The Balaban J connectivity index is 1.78. The van der Waals surface area contributed by atoms with Crippen molar-refractivity contribution >= 4 is 25.2 Å². The van der Waals surface area contributed by atoms with Crippen molar-refractivity contribution < 1.29 is 14.7 Å². The van der Waals surface area contributed by atoms with Gasteiger partial charge >= 0.3 is 0 Å². The predicted octanol–water partition coefficient (Wildman–Crippen LogP) is 4.53. The van der Waals surface area contributed by atoms with Gasteiger partial charge in [0.1, 0.15) is 13.9 Å². The van der Waals surface area contributed by atoms with Gasteiger partial charge in [0.15, 0.2) is 5.78 Å². The second kappa shape index (κ2) is 11.4. The van der Waals surface area contributed by atoms with Crippen LogP contribution in [0.4, 0.5) is 5.69 Å². The van der Waals surface area contributed by atoms with Gasteiger partial charge in [-0.15, -0.1) is 0 Å². The summed E-state index contributed by atoms with van der Waals surface area (Å²) in [6.45, 7) is 5.66. The number of nitrogens with one attached hydrogen (secondary N) is 1. The summed E-state index contributed by atoms with van der Waals surface area (Å²) < 4.78 is 1.43. The highest BCUT2D eigenvalue weighted by atomic mass is 16.3. The van der Waals surface area contributed by atoms with Crippen LogP contribution in [0, 0.1) is 20.8 Å². The molecule has 2 atom stereocenters. The standard InChI is InChI=1S/C31H29BN2O4/c1-19-9-12-23(13-10-19)33-31(38)27(16-22-7-5-4-6-8-22)34-18-21(3)25(17-28(34)35)26-15-20(2)11-14-24(26)29(36)30(32)37/h4-15,17-18,27,30,37H,16H2,1-3H3,(H,33,38). The molecular weight excluding hydrogens is 475 g/mol. The monoisotopic (exact) mass is 504 g/mol. The molecule has 0 aliphatic heterocycles. The first-order valence-electron chi connectivity index (χ1n) is 12.4. The van der Waals surface area contributed by atoms with E-state index in [1.54, 1.807) is 24.4 Å². The molecule has 4 aromatic rings. The van der Waals surface area contributed by atoms with Crippen LogP contribution in [0.1, 0.15) is 38.7 Å². The minimum atomic E-state index is -1.67. The lowest BCUT2D eigenvalue weighted by molar-refractivity contribution is -0.119. The average Bonchev–Trinajstić information content (AvgIpc) is 2.90. The molecule has 38 heavy (non-hydrogen) atoms. The number of ketones is 1. The molecule has 7 heteroatoms. The van der Waals surface area contributed by atoms with Gasteiger partial charge in [-0.2, -0.15) is 0 Å². The summed E-state index contributed by atoms with van der Waals surface area (Å²) in [5.41, 5.74) is 5.08. The Labute approximate surface area is 223 Å². The third-order valence-electron chi connectivity index (χ3n) is 6.51. The fraction of sp³-hybridized carbons (Fsp3) is 0.194. The van der Waals surface area contributed by atoms with Crippen molar-refractivity contribution in [3.8, 4) is 11.1 Å². The largest absolute Gasteiger partial charge is 0.395 e. The predicted molar refractivity (Wildman–Crippen MR) is 151 cm³/mol. The summed E-state index contributed by atoms with van der Waals surface area (Å²) in [4.78, 5) is 39.6. The van der Waals surface area contributed by atoms with Crippen LogP contribution in [0.15, 0.2) is 89.9 Å². The number of aryl methyl sites for hydroxylation is 3. The van der Waals surface area contributed by atoms with E-state index in [1.165, 1.54) is 10.6 Å². The van der Waals surface area contributed by atoms with E-state index in [9.17, 15) is 19.5 Å². The van der Waals surface area contributed by atoms with Crippen LogP contribution in [0.3, 0.4) is 0 Å². The number of pyridine rings is 1. The number of carbonyl (C=O) groups is 2. The van der Waals surface area contributed by atoms with Crippen molar-refractivity contribution in [3.05, 3.63) is 123 Å². The van der Waals surface area contributed by atoms with Gasteiger partial charge in [-0.3, -0.25) is 14.4 Å². The highest BCUT2D eigenvalue weighted by Gasteiger charge is 2.24. The van der Waals surface area contributed by atoms with Crippen LogP contribution in [0.25, 0.3) is 11.1 Å². The summed E-state index contributed by atoms with van der Waals surface area (Å²) >= 11 is 0. The number of aliphatic hydroxyl groups excluding tert-OH is 1. The third kappa shape index (κ3) is 6.01. The maximum absolute atomic E-state index is 13.5. The number of nitrogens with zero attached hydrogens (tertiary/aromatic N) is 1. The number of amides is 1. The summed E-state index contributed by atoms with van der Waals surface area (Å²) in [6.07, 6.45) is 1.96. The van der Waals surface area contributed by atoms with Crippen LogP contribution in [-0.4, -0.2) is 35.2 Å². The molecule has 2 radical (unpaired) electrons. The number of benzene rings is 3. The molecule has 0 aliphatic carbocycles. The molecule has 0 aliphatic rings. The van der Waals surface area contributed by atoms with Gasteiger partial charge < -0.3 is 15.0 Å². The second-order valence-electron chi connectivity index (χ2n) is 9.53. The molecule has 2 N–H and O–H groups in total. The lowest BCUT2D eigenvalue weighted by atomic mass is 9.86. The lowest BCUT2D eigenvalue weighted by Gasteiger charge is -2.22. The molecule has 6 nitrogen and oxygen atoms in total. The van der Waals surface area contributed by atoms with Crippen molar-refractivity contribution in [1.82, 2.24) is 4.57 Å². The quantitative estimate of drug-likeness (QED) is 0.273. The molecular formula is C31H29BN2O4. The molecule has 0 saturated carbocycles. The molecule has 3 aromatic carbocycles. The Morgan fingerprint density at radius 2 is 1.55 bits per heavy atom. The smallest absolute Gasteiger partial charge is 0.251 e. The first kappa shape index (κ1) is 26.8. The summed E-state index contributed by atoms with van der Waals surface area (Å²) in [7, 11) is 5.46. The minimum Gasteiger partial charge on any atom is -0.395 e. The van der Waals surface area contributed by atoms with Gasteiger partial charge in [0.25, 0.3) is 5.56 Å². The number of rotatable bonds is 8. The van der Waals surface area contributed by atoms with Crippen LogP contribution in [0.2, 0.25) is 0 Å². The normalized spacial score (nSPS) is 12.5. The van der Waals surface area contributed by atoms with Crippen LogP contribution >= 0.6 is 0 Å². The number of hydrogen-bond donors (Lipinski definition) is 2. The fourth-order valence-electron chi connectivity index (χ4n) is 4.46. The van der Waals surface area contributed by atoms with Gasteiger partial charge in [-0.1, -0.05) is 71.8 Å². The molecule has 1 heterocycles. The molecule has 0 spiro atoms. The zero-order valence-corrected chi connectivity index (χ0v) is 21.6. The van der Waals surface area contributed by atoms with Gasteiger partial charge in [0.05, 0.1) is 6.00 Å². The van der Waals surface area contributed by atoms with Gasteiger partial charge in [-0.05, 0) is 55.2 Å². The molecule has 0 fully saturated rings. The van der Waals surface area contributed by atoms with E-state index < -0.39 is 23.4 Å². The minimum absolute atomic E-state index is 0.226. The number of Topliss-reactive ketones (excluding diaryl/α,β-unsaturated/α-hetero) is 1. The lowest BCUT2D eigenvalue weighted by Crippen LogP contribution is -2.34. The number of aliphatic hydroxyl groups is 1. The molecule has 2 unspecified atom stereocenters. The zero-order chi connectivity index (χ0) is 27.4.